The maximum Gasteiger partial charge on any atom is 0.220 e. The Labute approximate surface area is 140 Å². The largest absolute Gasteiger partial charge is 0.496 e. The molecule has 1 aromatic carbocycles. The van der Waals surface area contributed by atoms with Crippen LogP contribution in [0.3, 0.4) is 0 Å². The number of methoxy groups -OCH3 is 1. The van der Waals surface area contributed by atoms with E-state index < -0.39 is 0 Å². The van der Waals surface area contributed by atoms with Gasteiger partial charge in [-0.25, -0.2) is 0 Å². The lowest BCUT2D eigenvalue weighted by molar-refractivity contribution is -0.122. The summed E-state index contributed by atoms with van der Waals surface area (Å²) in [6.07, 6.45) is 5.98. The van der Waals surface area contributed by atoms with Crippen LogP contribution in [0.15, 0.2) is 22.7 Å². The first-order valence-electron chi connectivity index (χ1n) is 8.02. The zero-order valence-corrected chi connectivity index (χ0v) is 14.5. The molecule has 0 saturated carbocycles. The van der Waals surface area contributed by atoms with Gasteiger partial charge in [0.05, 0.1) is 11.6 Å². The number of amides is 1. The molecule has 0 aliphatic carbocycles. The monoisotopic (exact) mass is 366 g/mol. The summed E-state index contributed by atoms with van der Waals surface area (Å²) < 4.78 is 6.15. The Morgan fingerprint density at radius 3 is 2.73 bits per heavy atom. The molecule has 3 rings (SSSR count). The number of hydrogen-bond acceptors (Lipinski definition) is 3. The molecule has 4 nitrogen and oxygen atoms in total. The molecular weight excluding hydrogens is 344 g/mol. The number of fused-ring (bicyclic) bond motifs is 2. The van der Waals surface area contributed by atoms with Gasteiger partial charge < -0.3 is 15.4 Å². The normalized spacial score (nSPS) is 26.7. The molecule has 1 aromatic rings. The second kappa shape index (κ2) is 7.01. The summed E-state index contributed by atoms with van der Waals surface area (Å²) in [7, 11) is 1.65. The lowest BCUT2D eigenvalue weighted by atomic mass is 9.99. The molecule has 0 aromatic heterocycles. The standard InChI is InChI=1S/C17H23BrN2O2/c1-22-16-6-2-11(8-15(16)18)3-7-17(21)20-14-9-12-4-5-13(10-14)19-12/h2,6,8,12-14,19H,3-5,7,9-10H2,1H3,(H,20,21). The molecule has 22 heavy (non-hydrogen) atoms. The molecular formula is C17H23BrN2O2. The van der Waals surface area contributed by atoms with Gasteiger partial charge >= 0.3 is 0 Å². The Bertz CT molecular complexity index is 537. The third-order valence-electron chi connectivity index (χ3n) is 4.70. The Morgan fingerprint density at radius 1 is 1.36 bits per heavy atom. The second-order valence-electron chi connectivity index (χ2n) is 6.34. The highest BCUT2D eigenvalue weighted by atomic mass is 79.9. The molecule has 0 spiro atoms. The van der Waals surface area contributed by atoms with Crippen LogP contribution >= 0.6 is 15.9 Å². The maximum absolute atomic E-state index is 12.2. The van der Waals surface area contributed by atoms with Gasteiger partial charge in [0, 0.05) is 24.5 Å². The molecule has 0 radical (unpaired) electrons. The summed E-state index contributed by atoms with van der Waals surface area (Å²) in [5.74, 6) is 0.983. The van der Waals surface area contributed by atoms with Crippen molar-refractivity contribution in [3.05, 3.63) is 28.2 Å². The predicted molar refractivity (Wildman–Crippen MR) is 90.1 cm³/mol. The van der Waals surface area contributed by atoms with Crippen LogP contribution in [0.25, 0.3) is 0 Å². The van der Waals surface area contributed by atoms with Crippen molar-refractivity contribution in [1.82, 2.24) is 10.6 Å². The van der Waals surface area contributed by atoms with E-state index in [0.29, 0.717) is 24.5 Å². The fourth-order valence-corrected chi connectivity index (χ4v) is 4.19. The number of nitrogens with one attached hydrogen (secondary N) is 2. The van der Waals surface area contributed by atoms with E-state index >= 15 is 0 Å². The third kappa shape index (κ3) is 3.82. The number of halogens is 1. The van der Waals surface area contributed by atoms with Gasteiger partial charge in [0.2, 0.25) is 5.91 Å². The number of hydrogen-bond donors (Lipinski definition) is 2. The van der Waals surface area contributed by atoms with Crippen molar-refractivity contribution in [2.24, 2.45) is 0 Å². The fraction of sp³-hybridized carbons (Fsp3) is 0.588. The van der Waals surface area contributed by atoms with Crippen LogP contribution in [0.2, 0.25) is 0 Å². The summed E-state index contributed by atoms with van der Waals surface area (Å²) in [5.41, 5.74) is 1.15. The average molecular weight is 367 g/mol. The zero-order valence-electron chi connectivity index (χ0n) is 12.9. The van der Waals surface area contributed by atoms with Gasteiger partial charge in [-0.1, -0.05) is 6.07 Å². The first kappa shape index (κ1) is 15.8. The van der Waals surface area contributed by atoms with Crippen molar-refractivity contribution < 1.29 is 9.53 Å². The minimum atomic E-state index is 0.165. The highest BCUT2D eigenvalue weighted by Crippen LogP contribution is 2.27. The van der Waals surface area contributed by atoms with Gasteiger partial charge in [-0.15, -0.1) is 0 Å². The second-order valence-corrected chi connectivity index (χ2v) is 7.20. The summed E-state index contributed by atoms with van der Waals surface area (Å²) in [5, 5.41) is 6.81. The lowest BCUT2D eigenvalue weighted by Crippen LogP contribution is -2.48. The molecule has 2 aliphatic heterocycles. The first-order chi connectivity index (χ1) is 10.6. The number of ether oxygens (including phenoxy) is 1. The van der Waals surface area contributed by atoms with Gasteiger partial charge in [-0.3, -0.25) is 4.79 Å². The van der Waals surface area contributed by atoms with Crippen LogP contribution in [0.1, 0.15) is 37.7 Å². The van der Waals surface area contributed by atoms with Crippen LogP contribution < -0.4 is 15.4 Å². The number of rotatable bonds is 5. The zero-order chi connectivity index (χ0) is 15.5. The number of piperidine rings is 1. The smallest absolute Gasteiger partial charge is 0.220 e. The molecule has 2 heterocycles. The highest BCUT2D eigenvalue weighted by molar-refractivity contribution is 9.10. The Kier molecular flexibility index (Phi) is 5.03. The van der Waals surface area contributed by atoms with Crippen molar-refractivity contribution in [2.75, 3.05) is 7.11 Å². The molecule has 2 aliphatic rings. The number of aryl methyl sites for hydroxylation is 1. The van der Waals surface area contributed by atoms with Gasteiger partial charge in [0.25, 0.3) is 0 Å². The van der Waals surface area contributed by atoms with Crippen molar-refractivity contribution in [2.45, 2.75) is 56.7 Å². The SMILES string of the molecule is COc1ccc(CCC(=O)NC2CC3CCC(C2)N3)cc1Br. The Balaban J connectivity index is 1.47. The van der Waals surface area contributed by atoms with Gasteiger partial charge in [-0.05, 0) is 65.7 Å². The number of benzene rings is 1. The molecule has 5 heteroatoms. The topological polar surface area (TPSA) is 50.4 Å². The molecule has 120 valence electrons. The van der Waals surface area contributed by atoms with E-state index in [1.54, 1.807) is 7.11 Å². The summed E-state index contributed by atoms with van der Waals surface area (Å²) in [6, 6.07) is 7.55. The van der Waals surface area contributed by atoms with Crippen molar-refractivity contribution >= 4 is 21.8 Å². The third-order valence-corrected chi connectivity index (χ3v) is 5.31. The quantitative estimate of drug-likeness (QED) is 0.842. The van der Waals surface area contributed by atoms with Gasteiger partial charge in [0.15, 0.2) is 0 Å². The lowest BCUT2D eigenvalue weighted by Gasteiger charge is -2.29. The minimum Gasteiger partial charge on any atom is -0.496 e. The summed E-state index contributed by atoms with van der Waals surface area (Å²) in [6.45, 7) is 0. The van der Waals surface area contributed by atoms with Crippen LogP contribution in [0.5, 0.6) is 5.75 Å². The van der Waals surface area contributed by atoms with E-state index in [4.69, 9.17) is 4.74 Å². The molecule has 2 N–H and O–H groups in total. The van der Waals surface area contributed by atoms with E-state index in [-0.39, 0.29) is 5.91 Å². The highest BCUT2D eigenvalue weighted by Gasteiger charge is 2.33. The van der Waals surface area contributed by atoms with Crippen molar-refractivity contribution in [1.29, 1.82) is 0 Å². The minimum absolute atomic E-state index is 0.165. The first-order valence-corrected chi connectivity index (χ1v) is 8.81. The number of carbonyl (C=O) groups is 1. The maximum atomic E-state index is 12.2. The summed E-state index contributed by atoms with van der Waals surface area (Å²) >= 11 is 3.48. The van der Waals surface area contributed by atoms with E-state index in [2.05, 4.69) is 26.6 Å². The molecule has 2 saturated heterocycles. The molecule has 2 bridgehead atoms. The molecule has 2 unspecified atom stereocenters. The molecule has 2 atom stereocenters. The van der Waals surface area contributed by atoms with Gasteiger partial charge in [0.1, 0.15) is 5.75 Å². The van der Waals surface area contributed by atoms with Crippen LogP contribution in [-0.2, 0) is 11.2 Å². The van der Waals surface area contributed by atoms with E-state index in [1.165, 1.54) is 12.8 Å². The van der Waals surface area contributed by atoms with Crippen molar-refractivity contribution in [3.8, 4) is 5.75 Å². The average Bonchev–Trinajstić information content (AvgIpc) is 2.84. The van der Waals surface area contributed by atoms with Crippen molar-refractivity contribution in [3.63, 3.8) is 0 Å². The fourth-order valence-electron chi connectivity index (χ4n) is 3.60. The number of carbonyl (C=O) groups excluding carboxylic acids is 1. The predicted octanol–water partition coefficient (Wildman–Crippen LogP) is 2.79. The van der Waals surface area contributed by atoms with Gasteiger partial charge in [-0.2, -0.15) is 0 Å². The summed E-state index contributed by atoms with van der Waals surface area (Å²) in [4.78, 5) is 12.2. The molecule has 2 fully saturated rings. The molecule has 1 amide bonds. The van der Waals surface area contributed by atoms with E-state index in [9.17, 15) is 4.79 Å². The van der Waals surface area contributed by atoms with Crippen LogP contribution in [0.4, 0.5) is 0 Å². The Hall–Kier alpha value is -1.07. The van der Waals surface area contributed by atoms with Crippen LogP contribution in [-0.4, -0.2) is 31.1 Å². The Morgan fingerprint density at radius 2 is 2.09 bits per heavy atom. The van der Waals surface area contributed by atoms with E-state index in [1.807, 2.05) is 18.2 Å². The van der Waals surface area contributed by atoms with E-state index in [0.717, 1.165) is 35.0 Å². The van der Waals surface area contributed by atoms with Crippen LogP contribution in [0, 0.1) is 0 Å².